The van der Waals surface area contributed by atoms with E-state index in [0.717, 1.165) is 19.3 Å². The summed E-state index contributed by atoms with van der Waals surface area (Å²) in [7, 11) is 0. The van der Waals surface area contributed by atoms with E-state index in [2.05, 4.69) is 11.7 Å². The van der Waals surface area contributed by atoms with Crippen LogP contribution in [-0.4, -0.2) is 23.7 Å². The Morgan fingerprint density at radius 3 is 1.79 bits per heavy atom. The minimum atomic E-state index is -0.865. The number of carbonyl (C=O) groups is 2. The van der Waals surface area contributed by atoms with Crippen molar-refractivity contribution in [3.63, 3.8) is 0 Å². The Hall–Kier alpha value is 0.736. The van der Waals surface area contributed by atoms with Gasteiger partial charge in [-0.15, -0.1) is 0 Å². The minimum Gasteiger partial charge on any atom is -0.391 e. The van der Waals surface area contributed by atoms with E-state index in [0.29, 0.717) is 0 Å². The van der Waals surface area contributed by atoms with Crippen LogP contribution in [0.4, 0.5) is 0 Å². The third-order valence-electron chi connectivity index (χ3n) is 2.84. The number of rotatable bonds is 11. The number of unbranched alkanes of at least 4 members (excludes halogenated alkanes) is 8. The smallest absolute Gasteiger partial charge is 0.391 e. The van der Waals surface area contributed by atoms with E-state index >= 15 is 0 Å². The third-order valence-corrected chi connectivity index (χ3v) is 2.84. The summed E-state index contributed by atoms with van der Waals surface area (Å²) in [6, 6.07) is 0. The predicted molar refractivity (Wildman–Crippen MR) is 70.0 cm³/mol. The van der Waals surface area contributed by atoms with Crippen LogP contribution in [0.2, 0.25) is 0 Å². The van der Waals surface area contributed by atoms with Crippen LogP contribution < -0.4 is 51.4 Å². The van der Waals surface area contributed by atoms with Crippen LogP contribution >= 0.6 is 0 Å². The van der Waals surface area contributed by atoms with E-state index in [1.165, 1.54) is 38.5 Å². The van der Waals surface area contributed by atoms with Gasteiger partial charge in [-0.05, 0) is 6.42 Å². The van der Waals surface area contributed by atoms with E-state index in [9.17, 15) is 9.59 Å². The van der Waals surface area contributed by atoms with Crippen LogP contribution in [0.15, 0.2) is 0 Å². The topological polar surface area (TPSA) is 63.6 Å². The molecular weight excluding hydrogens is 271 g/mol. The van der Waals surface area contributed by atoms with Crippen LogP contribution in [0.25, 0.3) is 0 Å². The number of carbonyl (C=O) groups excluding carboxylic acids is 2. The van der Waals surface area contributed by atoms with E-state index < -0.39 is 18.5 Å². The van der Waals surface area contributed by atoms with E-state index in [-0.39, 0.29) is 57.8 Å². The molecule has 0 aromatic carbocycles. The molecule has 0 rings (SSSR count). The van der Waals surface area contributed by atoms with Crippen molar-refractivity contribution in [3.8, 4) is 0 Å². The fourth-order valence-corrected chi connectivity index (χ4v) is 1.79. The summed E-state index contributed by atoms with van der Waals surface area (Å²) < 4.78 is 4.34. The molecule has 0 aromatic rings. The molecule has 4 nitrogen and oxygen atoms in total. The molecule has 0 spiro atoms. The van der Waals surface area contributed by atoms with Gasteiger partial charge >= 0.3 is 63.3 Å². The molecule has 0 aromatic heterocycles. The van der Waals surface area contributed by atoms with Gasteiger partial charge in [0.15, 0.2) is 0 Å². The van der Waals surface area contributed by atoms with Crippen molar-refractivity contribution < 1.29 is 70.8 Å². The van der Waals surface area contributed by atoms with Crippen molar-refractivity contribution in [1.29, 1.82) is 0 Å². The van der Waals surface area contributed by atoms with Gasteiger partial charge in [0, 0.05) is 6.42 Å². The Morgan fingerprint density at radius 2 is 1.32 bits per heavy atom. The summed E-state index contributed by atoms with van der Waals surface area (Å²) in [4.78, 5) is 21.7. The molecule has 0 heterocycles. The van der Waals surface area contributed by atoms with Gasteiger partial charge in [0.25, 0.3) is 0 Å². The molecule has 1 N–H and O–H groups in total. The summed E-state index contributed by atoms with van der Waals surface area (Å²) in [5.41, 5.74) is 0. The summed E-state index contributed by atoms with van der Waals surface area (Å²) in [5.74, 6) is -1.40. The van der Waals surface area contributed by atoms with Gasteiger partial charge in [-0.2, -0.15) is 0 Å². The molecule has 106 valence electrons. The minimum absolute atomic E-state index is 0. The first-order valence-corrected chi connectivity index (χ1v) is 7.05. The Labute approximate surface area is 159 Å². The summed E-state index contributed by atoms with van der Waals surface area (Å²) >= 11 is 0. The van der Waals surface area contributed by atoms with Crippen molar-refractivity contribution >= 4 is 11.9 Å². The van der Waals surface area contributed by atoms with Crippen molar-refractivity contribution in [2.75, 3.05) is 6.61 Å². The number of esters is 2. The number of hydrogen-bond donors (Lipinski definition) is 1. The molecule has 5 heteroatoms. The molecule has 0 aliphatic carbocycles. The van der Waals surface area contributed by atoms with Gasteiger partial charge in [-0.25, -0.2) is 4.79 Å². The fourth-order valence-electron chi connectivity index (χ4n) is 1.79. The average Bonchev–Trinajstić information content (AvgIpc) is 2.36. The van der Waals surface area contributed by atoms with Crippen LogP contribution in [0.5, 0.6) is 0 Å². The standard InChI is InChI=1S/C14H26O4.K/c1-2-3-4-5-6-7-8-9-10-11-13(16)18-14(17)12-15;/h15H,2-12H2,1H3;/q;+1. The molecule has 0 radical (unpaired) electrons. The van der Waals surface area contributed by atoms with Crippen LogP contribution in [0, 0.1) is 0 Å². The van der Waals surface area contributed by atoms with Gasteiger partial charge in [0.2, 0.25) is 0 Å². The molecule has 0 atom stereocenters. The second-order valence-electron chi connectivity index (χ2n) is 4.58. The summed E-state index contributed by atoms with van der Waals surface area (Å²) in [6.07, 6.45) is 10.9. The predicted octanol–water partition coefficient (Wildman–Crippen LogP) is -0.0266. The zero-order chi connectivity index (χ0) is 13.6. The maximum absolute atomic E-state index is 11.1. The molecule has 19 heavy (non-hydrogen) atoms. The zero-order valence-corrected chi connectivity index (χ0v) is 15.6. The molecule has 0 saturated carbocycles. The van der Waals surface area contributed by atoms with Gasteiger partial charge < -0.3 is 9.84 Å². The molecule has 0 saturated heterocycles. The molecule has 0 aliphatic rings. The quantitative estimate of drug-likeness (QED) is 0.252. The van der Waals surface area contributed by atoms with Gasteiger partial charge in [-0.3, -0.25) is 4.79 Å². The van der Waals surface area contributed by atoms with Crippen molar-refractivity contribution in [1.82, 2.24) is 0 Å². The maximum atomic E-state index is 11.1. The molecular formula is C14H26KO4+. The monoisotopic (exact) mass is 297 g/mol. The second kappa shape index (κ2) is 16.8. The number of ether oxygens (including phenoxy) is 1. The van der Waals surface area contributed by atoms with Gasteiger partial charge in [0.1, 0.15) is 6.61 Å². The Morgan fingerprint density at radius 1 is 0.842 bits per heavy atom. The van der Waals surface area contributed by atoms with Crippen molar-refractivity contribution in [2.24, 2.45) is 0 Å². The Bertz CT molecular complexity index is 231. The molecule has 0 bridgehead atoms. The van der Waals surface area contributed by atoms with E-state index in [1.807, 2.05) is 0 Å². The molecule has 0 aliphatic heterocycles. The second-order valence-corrected chi connectivity index (χ2v) is 4.58. The summed E-state index contributed by atoms with van der Waals surface area (Å²) in [6.45, 7) is 1.48. The molecule has 0 fully saturated rings. The van der Waals surface area contributed by atoms with Gasteiger partial charge in [0.05, 0.1) is 0 Å². The van der Waals surface area contributed by atoms with Crippen molar-refractivity contribution in [3.05, 3.63) is 0 Å². The number of aliphatic hydroxyl groups excluding tert-OH is 1. The largest absolute Gasteiger partial charge is 1.00 e. The average molecular weight is 297 g/mol. The zero-order valence-electron chi connectivity index (χ0n) is 12.5. The number of hydrogen-bond acceptors (Lipinski definition) is 4. The first-order chi connectivity index (χ1) is 8.70. The van der Waals surface area contributed by atoms with E-state index in [4.69, 9.17) is 5.11 Å². The fraction of sp³-hybridized carbons (Fsp3) is 0.857. The Kier molecular flexibility index (Phi) is 19.5. The van der Waals surface area contributed by atoms with Crippen LogP contribution in [0.1, 0.15) is 71.1 Å². The Balaban J connectivity index is 0. The molecule has 0 amide bonds. The summed E-state index contributed by atoms with van der Waals surface area (Å²) in [5, 5.41) is 8.39. The SMILES string of the molecule is CCCCCCCCCCCC(=O)OC(=O)CO.[K+]. The maximum Gasteiger partial charge on any atom is 1.00 e. The van der Waals surface area contributed by atoms with E-state index in [1.54, 1.807) is 0 Å². The number of aliphatic hydroxyl groups is 1. The van der Waals surface area contributed by atoms with Crippen LogP contribution in [0.3, 0.4) is 0 Å². The van der Waals surface area contributed by atoms with Gasteiger partial charge in [-0.1, -0.05) is 58.3 Å². The van der Waals surface area contributed by atoms with Crippen LogP contribution in [-0.2, 0) is 14.3 Å². The normalized spacial score (nSPS) is 9.79. The first-order valence-electron chi connectivity index (χ1n) is 7.05. The van der Waals surface area contributed by atoms with Crippen molar-refractivity contribution in [2.45, 2.75) is 71.1 Å². The third kappa shape index (κ3) is 16.7. The first kappa shape index (κ1) is 22.0. The molecule has 0 unspecified atom stereocenters.